The molecule has 1 saturated heterocycles. The Bertz CT molecular complexity index is 585. The zero-order chi connectivity index (χ0) is 12.5. The van der Waals surface area contributed by atoms with Crippen LogP contribution >= 0.6 is 0 Å². The van der Waals surface area contributed by atoms with Gasteiger partial charge in [-0.3, -0.25) is 0 Å². The Kier molecular flexibility index (Phi) is 2.76. The van der Waals surface area contributed by atoms with Crippen molar-refractivity contribution >= 4 is 17.1 Å². The lowest BCUT2D eigenvalue weighted by Gasteiger charge is -2.19. The van der Waals surface area contributed by atoms with Gasteiger partial charge in [-0.25, -0.2) is 9.78 Å². The van der Waals surface area contributed by atoms with E-state index in [2.05, 4.69) is 10.3 Å². The summed E-state index contributed by atoms with van der Waals surface area (Å²) in [6.07, 6.45) is 2.03. The maximum atomic E-state index is 10.9. The number of nitrogens with one attached hydrogen (secondary N) is 1. The summed E-state index contributed by atoms with van der Waals surface area (Å²) in [6.45, 7) is 1.95. The highest BCUT2D eigenvalue weighted by Gasteiger charge is 2.21. The molecule has 1 aliphatic heterocycles. The van der Waals surface area contributed by atoms with E-state index in [1.54, 1.807) is 12.1 Å². The smallest absolute Gasteiger partial charge is 0.335 e. The molecule has 2 heterocycles. The molecule has 2 N–H and O–H groups in total. The van der Waals surface area contributed by atoms with Gasteiger partial charge in [-0.2, -0.15) is 0 Å². The molecule has 1 fully saturated rings. The Morgan fingerprint density at radius 1 is 1.39 bits per heavy atom. The second kappa shape index (κ2) is 4.42. The summed E-state index contributed by atoms with van der Waals surface area (Å²) in [5.41, 5.74) is 1.52. The van der Waals surface area contributed by atoms with E-state index in [9.17, 15) is 4.79 Å². The minimum atomic E-state index is -0.947. The van der Waals surface area contributed by atoms with E-state index >= 15 is 0 Å². The van der Waals surface area contributed by atoms with Crippen LogP contribution in [0.2, 0.25) is 0 Å². The first kappa shape index (κ1) is 11.2. The largest absolute Gasteiger partial charge is 0.478 e. The van der Waals surface area contributed by atoms with Crippen LogP contribution in [-0.2, 0) is 0 Å². The van der Waals surface area contributed by atoms with Crippen molar-refractivity contribution in [3.63, 3.8) is 0 Å². The molecule has 1 aromatic carbocycles. The minimum absolute atomic E-state index is 0.232. The molecule has 0 amide bonds. The van der Waals surface area contributed by atoms with E-state index < -0.39 is 5.97 Å². The highest BCUT2D eigenvalue weighted by molar-refractivity contribution is 5.91. The summed E-state index contributed by atoms with van der Waals surface area (Å²) in [4.78, 5) is 15.3. The highest BCUT2D eigenvalue weighted by atomic mass is 16.4. The number of aromatic nitrogens is 1. The summed E-state index contributed by atoms with van der Waals surface area (Å²) >= 11 is 0. The third-order valence-electron chi connectivity index (χ3n) is 3.34. The molecule has 0 saturated carbocycles. The predicted octanol–water partition coefficient (Wildman–Crippen LogP) is 1.99. The van der Waals surface area contributed by atoms with E-state index in [0.29, 0.717) is 11.5 Å². The average molecular weight is 246 g/mol. The summed E-state index contributed by atoms with van der Waals surface area (Å²) in [7, 11) is 0. The molecule has 1 aliphatic rings. The van der Waals surface area contributed by atoms with Crippen molar-refractivity contribution in [2.45, 2.75) is 18.8 Å². The normalized spacial score (nSPS) is 17.1. The van der Waals surface area contributed by atoms with Crippen molar-refractivity contribution in [1.82, 2.24) is 10.3 Å². The maximum Gasteiger partial charge on any atom is 0.335 e. The summed E-state index contributed by atoms with van der Waals surface area (Å²) in [5, 5.41) is 12.2. The lowest BCUT2D eigenvalue weighted by atomic mass is 9.98. The molecule has 0 aliphatic carbocycles. The first-order chi connectivity index (χ1) is 8.74. The minimum Gasteiger partial charge on any atom is -0.478 e. The van der Waals surface area contributed by atoms with Crippen LogP contribution in [0.15, 0.2) is 22.6 Å². The zero-order valence-corrected chi connectivity index (χ0v) is 9.85. The molecular weight excluding hydrogens is 232 g/mol. The lowest BCUT2D eigenvalue weighted by Crippen LogP contribution is -2.26. The van der Waals surface area contributed by atoms with Gasteiger partial charge in [0.1, 0.15) is 5.52 Å². The topological polar surface area (TPSA) is 75.4 Å². The van der Waals surface area contributed by atoms with Gasteiger partial charge >= 0.3 is 5.97 Å². The number of hydrogen-bond acceptors (Lipinski definition) is 4. The zero-order valence-electron chi connectivity index (χ0n) is 9.85. The van der Waals surface area contributed by atoms with Crippen molar-refractivity contribution in [3.8, 4) is 0 Å². The fourth-order valence-electron chi connectivity index (χ4n) is 2.32. The first-order valence-electron chi connectivity index (χ1n) is 6.08. The van der Waals surface area contributed by atoms with Crippen LogP contribution in [0.4, 0.5) is 0 Å². The molecule has 94 valence electrons. The van der Waals surface area contributed by atoms with Crippen molar-refractivity contribution in [2.75, 3.05) is 13.1 Å². The van der Waals surface area contributed by atoms with Crippen molar-refractivity contribution < 1.29 is 14.3 Å². The van der Waals surface area contributed by atoms with Gasteiger partial charge < -0.3 is 14.8 Å². The highest BCUT2D eigenvalue weighted by Crippen LogP contribution is 2.28. The molecule has 0 radical (unpaired) electrons. The Labute approximate surface area is 104 Å². The summed E-state index contributed by atoms with van der Waals surface area (Å²) in [5.74, 6) is 0.123. The molecule has 0 spiro atoms. The Morgan fingerprint density at radius 2 is 2.17 bits per heavy atom. The molecule has 18 heavy (non-hydrogen) atoms. The van der Waals surface area contributed by atoms with Crippen LogP contribution in [0.3, 0.4) is 0 Å². The molecule has 5 nitrogen and oxygen atoms in total. The number of carboxylic acids is 1. The third kappa shape index (κ3) is 1.97. The summed E-state index contributed by atoms with van der Waals surface area (Å²) < 4.78 is 5.70. The van der Waals surface area contributed by atoms with E-state index in [-0.39, 0.29) is 5.56 Å². The van der Waals surface area contributed by atoms with E-state index in [1.807, 2.05) is 0 Å². The van der Waals surface area contributed by atoms with E-state index in [1.165, 1.54) is 6.07 Å². The molecule has 0 unspecified atom stereocenters. The van der Waals surface area contributed by atoms with Gasteiger partial charge in [-0.05, 0) is 44.1 Å². The van der Waals surface area contributed by atoms with E-state index in [0.717, 1.165) is 37.3 Å². The number of benzene rings is 1. The molecule has 3 rings (SSSR count). The fourth-order valence-corrected chi connectivity index (χ4v) is 2.32. The van der Waals surface area contributed by atoms with E-state index in [4.69, 9.17) is 9.52 Å². The molecule has 0 bridgehead atoms. The van der Waals surface area contributed by atoms with Gasteiger partial charge in [0.2, 0.25) is 0 Å². The number of aromatic carboxylic acids is 1. The number of hydrogen-bond donors (Lipinski definition) is 2. The Hall–Kier alpha value is -1.88. The van der Waals surface area contributed by atoms with Crippen molar-refractivity contribution in [3.05, 3.63) is 29.7 Å². The molecule has 0 atom stereocenters. The SMILES string of the molecule is O=C(O)c1ccc2nc(C3CCNCC3)oc2c1. The molecular formula is C13H14N2O3. The number of rotatable bonds is 2. The fraction of sp³-hybridized carbons (Fsp3) is 0.385. The van der Waals surface area contributed by atoms with Crippen LogP contribution in [0, 0.1) is 0 Å². The van der Waals surface area contributed by atoms with Crippen molar-refractivity contribution in [2.24, 2.45) is 0 Å². The monoisotopic (exact) mass is 246 g/mol. The number of fused-ring (bicyclic) bond motifs is 1. The van der Waals surface area contributed by atoms with Crippen LogP contribution in [0.1, 0.15) is 35.0 Å². The maximum absolute atomic E-state index is 10.9. The first-order valence-corrected chi connectivity index (χ1v) is 6.08. The van der Waals surface area contributed by atoms with Crippen molar-refractivity contribution in [1.29, 1.82) is 0 Å². The average Bonchev–Trinajstić information content (AvgIpc) is 2.82. The number of carboxylic acid groups (broad SMARTS) is 1. The second-order valence-electron chi connectivity index (χ2n) is 4.56. The standard InChI is InChI=1S/C13H14N2O3/c16-13(17)9-1-2-10-11(7-9)18-12(15-10)8-3-5-14-6-4-8/h1-2,7-8,14H,3-6H2,(H,16,17). The molecule has 2 aromatic rings. The molecule has 1 aromatic heterocycles. The number of carbonyl (C=O) groups is 1. The Morgan fingerprint density at radius 3 is 2.89 bits per heavy atom. The van der Waals surface area contributed by atoms with Gasteiger partial charge in [0.05, 0.1) is 5.56 Å². The van der Waals surface area contributed by atoms with Gasteiger partial charge in [-0.15, -0.1) is 0 Å². The quantitative estimate of drug-likeness (QED) is 0.847. The van der Waals surface area contributed by atoms with Gasteiger partial charge in [-0.1, -0.05) is 0 Å². The van der Waals surface area contributed by atoms with Gasteiger partial charge in [0, 0.05) is 5.92 Å². The summed E-state index contributed by atoms with van der Waals surface area (Å²) in [6, 6.07) is 4.79. The van der Waals surface area contributed by atoms with Crippen LogP contribution in [0.5, 0.6) is 0 Å². The van der Waals surface area contributed by atoms with Crippen LogP contribution < -0.4 is 5.32 Å². The Balaban J connectivity index is 1.97. The number of oxazole rings is 1. The lowest BCUT2D eigenvalue weighted by molar-refractivity contribution is 0.0697. The van der Waals surface area contributed by atoms with Crippen LogP contribution in [-0.4, -0.2) is 29.1 Å². The predicted molar refractivity (Wildman–Crippen MR) is 65.8 cm³/mol. The van der Waals surface area contributed by atoms with Gasteiger partial charge in [0.25, 0.3) is 0 Å². The second-order valence-corrected chi connectivity index (χ2v) is 4.56. The third-order valence-corrected chi connectivity index (χ3v) is 3.34. The molecule has 5 heteroatoms. The number of piperidine rings is 1. The van der Waals surface area contributed by atoms with Gasteiger partial charge in [0.15, 0.2) is 11.5 Å². The number of nitrogens with zero attached hydrogens (tertiary/aromatic N) is 1. The van der Waals surface area contributed by atoms with Crippen LogP contribution in [0.25, 0.3) is 11.1 Å².